The monoisotopic (exact) mass is 394 g/mol. The van der Waals surface area contributed by atoms with Crippen molar-refractivity contribution in [1.29, 1.82) is 0 Å². The van der Waals surface area contributed by atoms with Crippen LogP contribution in [0.1, 0.15) is 65.5 Å². The first-order valence-electron chi connectivity index (χ1n) is 10.2. The number of nitrogens with zero attached hydrogens (tertiary/aromatic N) is 1. The van der Waals surface area contributed by atoms with Gasteiger partial charge in [0.05, 0.1) is 6.04 Å². The van der Waals surface area contributed by atoms with E-state index in [0.717, 1.165) is 16.8 Å². The number of hydrogen-bond donors (Lipinski definition) is 1. The summed E-state index contributed by atoms with van der Waals surface area (Å²) in [6, 6.07) is 8.64. The Hall–Kier alpha value is -2.82. The molecule has 5 heteroatoms. The Kier molecular flexibility index (Phi) is 6.26. The number of amides is 1. The summed E-state index contributed by atoms with van der Waals surface area (Å²) in [6.07, 6.45) is 5.59. The van der Waals surface area contributed by atoms with E-state index in [1.807, 2.05) is 26.0 Å². The number of aryl methyl sites for hydroxylation is 3. The molecular formula is C24H30N2O3. The Morgan fingerprint density at radius 1 is 1.17 bits per heavy atom. The number of esters is 1. The molecule has 0 bridgehead atoms. The van der Waals surface area contributed by atoms with Crippen molar-refractivity contribution in [3.8, 4) is 0 Å². The number of nitrogens with one attached hydrogen (secondary N) is 1. The highest BCUT2D eigenvalue weighted by Crippen LogP contribution is 2.38. The molecule has 154 valence electrons. The fourth-order valence-electron chi connectivity index (χ4n) is 3.61. The molecule has 1 N–H and O–H groups in total. The smallest absolute Gasteiger partial charge is 0.331 e. The molecule has 1 aliphatic carbocycles. The minimum Gasteiger partial charge on any atom is -0.452 e. The first kappa shape index (κ1) is 20.9. The molecule has 1 fully saturated rings. The summed E-state index contributed by atoms with van der Waals surface area (Å²) in [5.41, 5.74) is 6.80. The Bertz CT molecular complexity index is 951. The molecule has 1 aromatic carbocycles. The van der Waals surface area contributed by atoms with Crippen molar-refractivity contribution in [1.82, 2.24) is 9.88 Å². The van der Waals surface area contributed by atoms with Crippen LogP contribution in [0.25, 0.3) is 6.08 Å². The molecule has 1 saturated carbocycles. The molecule has 0 aliphatic heterocycles. The third-order valence-electron chi connectivity index (χ3n) is 5.59. The lowest BCUT2D eigenvalue weighted by Crippen LogP contribution is -2.31. The number of ether oxygens (including phenoxy) is 1. The quantitative estimate of drug-likeness (QED) is 0.556. The molecule has 29 heavy (non-hydrogen) atoms. The average Bonchev–Trinajstić information content (AvgIpc) is 3.46. The minimum atomic E-state index is -0.518. The van der Waals surface area contributed by atoms with E-state index in [9.17, 15) is 9.59 Å². The van der Waals surface area contributed by atoms with Crippen LogP contribution < -0.4 is 5.32 Å². The number of benzene rings is 1. The van der Waals surface area contributed by atoms with E-state index in [4.69, 9.17) is 4.74 Å². The molecule has 0 unspecified atom stereocenters. The highest BCUT2D eigenvalue weighted by Gasteiger charge is 2.26. The summed E-state index contributed by atoms with van der Waals surface area (Å²) in [4.78, 5) is 24.1. The first-order valence-corrected chi connectivity index (χ1v) is 10.2. The zero-order valence-electron chi connectivity index (χ0n) is 17.9. The molecule has 1 amide bonds. The number of rotatable bonds is 7. The summed E-state index contributed by atoms with van der Waals surface area (Å²) in [6.45, 7) is 9.88. The van der Waals surface area contributed by atoms with E-state index in [1.54, 1.807) is 6.08 Å². The lowest BCUT2D eigenvalue weighted by molar-refractivity contribution is -0.144. The fraction of sp³-hybridized carbons (Fsp3) is 0.417. The van der Waals surface area contributed by atoms with Gasteiger partial charge in [-0.25, -0.2) is 4.79 Å². The Morgan fingerprint density at radius 2 is 1.90 bits per heavy atom. The average molecular weight is 395 g/mol. The number of carbonyl (C=O) groups excluding carboxylic acids is 2. The maximum atomic E-state index is 12.1. The van der Waals surface area contributed by atoms with Gasteiger partial charge in [-0.15, -0.1) is 0 Å². The third kappa shape index (κ3) is 5.17. The molecule has 0 radical (unpaired) electrons. The van der Waals surface area contributed by atoms with Gasteiger partial charge in [0.15, 0.2) is 6.61 Å². The Balaban J connectivity index is 1.50. The highest BCUT2D eigenvalue weighted by atomic mass is 16.5. The van der Waals surface area contributed by atoms with Gasteiger partial charge in [0.2, 0.25) is 0 Å². The van der Waals surface area contributed by atoms with Crippen molar-refractivity contribution in [3.63, 3.8) is 0 Å². The van der Waals surface area contributed by atoms with Crippen LogP contribution in [0.4, 0.5) is 0 Å². The lowest BCUT2D eigenvalue weighted by atomic mass is 10.0. The molecule has 0 spiro atoms. The zero-order chi connectivity index (χ0) is 21.1. The summed E-state index contributed by atoms with van der Waals surface area (Å²) in [5.74, 6) is -0.834. The normalized spacial score (nSPS) is 14.8. The van der Waals surface area contributed by atoms with Crippen LogP contribution in [0.2, 0.25) is 0 Å². The largest absolute Gasteiger partial charge is 0.452 e. The topological polar surface area (TPSA) is 60.3 Å². The predicted octanol–water partition coefficient (Wildman–Crippen LogP) is 4.49. The molecule has 1 atom stereocenters. The number of carbonyl (C=O) groups is 2. The number of aromatic nitrogens is 1. The summed E-state index contributed by atoms with van der Waals surface area (Å²) >= 11 is 0. The van der Waals surface area contributed by atoms with Gasteiger partial charge in [-0.1, -0.05) is 18.2 Å². The Morgan fingerprint density at radius 3 is 2.55 bits per heavy atom. The Labute approximate surface area is 172 Å². The van der Waals surface area contributed by atoms with Gasteiger partial charge < -0.3 is 14.6 Å². The van der Waals surface area contributed by atoms with Crippen molar-refractivity contribution in [2.24, 2.45) is 0 Å². The van der Waals surface area contributed by atoms with Gasteiger partial charge in [0, 0.05) is 23.5 Å². The van der Waals surface area contributed by atoms with Crippen LogP contribution in [0, 0.1) is 27.7 Å². The van der Waals surface area contributed by atoms with Gasteiger partial charge in [-0.2, -0.15) is 0 Å². The second-order valence-electron chi connectivity index (χ2n) is 8.00. The van der Waals surface area contributed by atoms with Crippen molar-refractivity contribution in [3.05, 3.63) is 64.0 Å². The molecule has 2 aromatic rings. The summed E-state index contributed by atoms with van der Waals surface area (Å²) in [5, 5.41) is 2.87. The maximum absolute atomic E-state index is 12.1. The summed E-state index contributed by atoms with van der Waals surface area (Å²) in [7, 11) is 0. The maximum Gasteiger partial charge on any atom is 0.331 e. The standard InChI is InChI=1S/C24H30N2O3/c1-15-6-7-20(12-16(15)2)18(4)25-23(27)14-29-24(28)11-8-21-13-17(3)26(19(21)5)22-9-10-22/h6-8,11-13,18,22H,9-10,14H2,1-5H3,(H,25,27)/b11-8+/t18-/m0/s1. The van der Waals surface area contributed by atoms with Crippen molar-refractivity contribution >= 4 is 18.0 Å². The second-order valence-corrected chi connectivity index (χ2v) is 8.00. The molecule has 1 heterocycles. The SMILES string of the molecule is Cc1ccc([C@H](C)NC(=O)COC(=O)/C=C/c2cc(C)n(C3CC3)c2C)cc1C. The molecule has 1 aliphatic rings. The van der Waals surface area contributed by atoms with E-state index in [2.05, 4.69) is 42.8 Å². The van der Waals surface area contributed by atoms with E-state index < -0.39 is 5.97 Å². The molecule has 0 saturated heterocycles. The van der Waals surface area contributed by atoms with Gasteiger partial charge >= 0.3 is 5.97 Å². The van der Waals surface area contributed by atoms with Crippen molar-refractivity contribution in [2.45, 2.75) is 59.5 Å². The lowest BCUT2D eigenvalue weighted by Gasteiger charge is -2.15. The van der Waals surface area contributed by atoms with Crippen LogP contribution >= 0.6 is 0 Å². The molecular weight excluding hydrogens is 364 g/mol. The van der Waals surface area contributed by atoms with Crippen LogP contribution in [-0.2, 0) is 14.3 Å². The van der Waals surface area contributed by atoms with Crippen LogP contribution in [-0.4, -0.2) is 23.1 Å². The van der Waals surface area contributed by atoms with Gasteiger partial charge in [0.1, 0.15) is 0 Å². The highest BCUT2D eigenvalue weighted by molar-refractivity contribution is 5.89. The van der Waals surface area contributed by atoms with Crippen molar-refractivity contribution < 1.29 is 14.3 Å². The van der Waals surface area contributed by atoms with E-state index >= 15 is 0 Å². The van der Waals surface area contributed by atoms with Crippen LogP contribution in [0.15, 0.2) is 30.3 Å². The van der Waals surface area contributed by atoms with E-state index in [-0.39, 0.29) is 18.6 Å². The predicted molar refractivity (Wildman–Crippen MR) is 115 cm³/mol. The first-order chi connectivity index (χ1) is 13.8. The van der Waals surface area contributed by atoms with Gasteiger partial charge in [0.25, 0.3) is 5.91 Å². The minimum absolute atomic E-state index is 0.149. The van der Waals surface area contributed by atoms with Crippen LogP contribution in [0.3, 0.4) is 0 Å². The van der Waals surface area contributed by atoms with E-state index in [1.165, 1.54) is 35.7 Å². The van der Waals surface area contributed by atoms with Crippen molar-refractivity contribution in [2.75, 3.05) is 6.61 Å². The zero-order valence-corrected chi connectivity index (χ0v) is 17.9. The van der Waals surface area contributed by atoms with E-state index in [0.29, 0.717) is 6.04 Å². The molecule has 3 rings (SSSR count). The van der Waals surface area contributed by atoms with Crippen LogP contribution in [0.5, 0.6) is 0 Å². The molecule has 5 nitrogen and oxygen atoms in total. The second kappa shape index (κ2) is 8.68. The third-order valence-corrected chi connectivity index (χ3v) is 5.59. The fourth-order valence-corrected chi connectivity index (χ4v) is 3.61. The summed E-state index contributed by atoms with van der Waals surface area (Å²) < 4.78 is 7.42. The van der Waals surface area contributed by atoms with Gasteiger partial charge in [-0.3, -0.25) is 4.79 Å². The molecule has 1 aromatic heterocycles. The number of hydrogen-bond acceptors (Lipinski definition) is 3. The van der Waals surface area contributed by atoms with Gasteiger partial charge in [-0.05, 0) is 81.9 Å².